The molecule has 0 amide bonds. The summed E-state index contributed by atoms with van der Waals surface area (Å²) in [6.45, 7) is 0. The lowest BCUT2D eigenvalue weighted by Gasteiger charge is -2.44. The maximum absolute atomic E-state index is 9.52. The SMILES string of the molecule is N#C[C@@H]1CC[C@@]12CCc1ccc(O)cc12. The van der Waals surface area contributed by atoms with E-state index in [1.165, 1.54) is 11.1 Å². The smallest absolute Gasteiger partial charge is 0.115 e. The van der Waals surface area contributed by atoms with E-state index in [4.69, 9.17) is 5.26 Å². The predicted molar refractivity (Wildman–Crippen MR) is 56.4 cm³/mol. The molecule has 1 N–H and O–H groups in total. The molecule has 0 bridgehead atoms. The molecule has 2 nitrogen and oxygen atoms in total. The van der Waals surface area contributed by atoms with E-state index in [9.17, 15) is 5.11 Å². The van der Waals surface area contributed by atoms with E-state index in [2.05, 4.69) is 6.07 Å². The Kier molecular flexibility index (Phi) is 1.62. The number of aryl methyl sites for hydroxylation is 1. The summed E-state index contributed by atoms with van der Waals surface area (Å²) in [5.74, 6) is 0.499. The monoisotopic (exact) mass is 199 g/mol. The third kappa shape index (κ3) is 0.982. The number of nitrogens with zero attached hydrogens (tertiary/aromatic N) is 1. The first-order valence-electron chi connectivity index (χ1n) is 5.48. The van der Waals surface area contributed by atoms with E-state index in [0.29, 0.717) is 5.75 Å². The minimum absolute atomic E-state index is 0.0861. The molecule has 2 heteroatoms. The topological polar surface area (TPSA) is 44.0 Å². The molecule has 1 fully saturated rings. The van der Waals surface area contributed by atoms with Crippen LogP contribution in [0.4, 0.5) is 0 Å². The quantitative estimate of drug-likeness (QED) is 0.697. The highest BCUT2D eigenvalue weighted by Crippen LogP contribution is 2.56. The van der Waals surface area contributed by atoms with Gasteiger partial charge >= 0.3 is 0 Å². The molecule has 3 rings (SSSR count). The van der Waals surface area contributed by atoms with Crippen molar-refractivity contribution in [2.75, 3.05) is 0 Å². The lowest BCUT2D eigenvalue weighted by molar-refractivity contribution is 0.171. The van der Waals surface area contributed by atoms with Crippen LogP contribution in [-0.4, -0.2) is 5.11 Å². The van der Waals surface area contributed by atoms with Crippen LogP contribution in [0.1, 0.15) is 30.4 Å². The van der Waals surface area contributed by atoms with Gasteiger partial charge in [0.25, 0.3) is 0 Å². The fraction of sp³-hybridized carbons (Fsp3) is 0.462. The number of nitriles is 1. The maximum atomic E-state index is 9.52. The van der Waals surface area contributed by atoms with Gasteiger partial charge in [0.1, 0.15) is 5.75 Å². The van der Waals surface area contributed by atoms with Crippen molar-refractivity contribution in [3.63, 3.8) is 0 Å². The van der Waals surface area contributed by atoms with Gasteiger partial charge in [0, 0.05) is 5.41 Å². The first kappa shape index (κ1) is 8.79. The highest BCUT2D eigenvalue weighted by molar-refractivity contribution is 5.47. The van der Waals surface area contributed by atoms with Crippen molar-refractivity contribution < 1.29 is 5.11 Å². The van der Waals surface area contributed by atoms with Gasteiger partial charge in [-0.25, -0.2) is 0 Å². The van der Waals surface area contributed by atoms with E-state index in [1.807, 2.05) is 12.1 Å². The number of hydrogen-bond acceptors (Lipinski definition) is 2. The molecule has 2 aliphatic rings. The fourth-order valence-corrected chi connectivity index (χ4v) is 3.19. The van der Waals surface area contributed by atoms with Gasteiger partial charge < -0.3 is 5.11 Å². The number of benzene rings is 1. The van der Waals surface area contributed by atoms with Gasteiger partial charge in [0.2, 0.25) is 0 Å². The second-order valence-electron chi connectivity index (χ2n) is 4.72. The fourth-order valence-electron chi connectivity index (χ4n) is 3.19. The third-order valence-corrected chi connectivity index (χ3v) is 4.17. The van der Waals surface area contributed by atoms with Crippen LogP contribution in [0.5, 0.6) is 5.75 Å². The van der Waals surface area contributed by atoms with Crippen molar-refractivity contribution in [2.45, 2.75) is 31.1 Å². The molecule has 0 aromatic heterocycles. The molecule has 1 aromatic rings. The Labute approximate surface area is 89.2 Å². The summed E-state index contributed by atoms with van der Waals surface area (Å²) >= 11 is 0. The average Bonchev–Trinajstić information content (AvgIpc) is 2.57. The minimum atomic E-state index is 0.0861. The molecule has 2 aliphatic carbocycles. The number of aromatic hydroxyl groups is 1. The summed E-state index contributed by atoms with van der Waals surface area (Å²) in [6.07, 6.45) is 4.28. The Hall–Kier alpha value is -1.49. The van der Waals surface area contributed by atoms with Crippen molar-refractivity contribution in [3.8, 4) is 11.8 Å². The third-order valence-electron chi connectivity index (χ3n) is 4.17. The molecule has 0 heterocycles. The van der Waals surface area contributed by atoms with Crippen LogP contribution in [-0.2, 0) is 11.8 Å². The number of hydrogen-bond donors (Lipinski definition) is 1. The van der Waals surface area contributed by atoms with Gasteiger partial charge in [-0.1, -0.05) is 6.07 Å². The zero-order valence-corrected chi connectivity index (χ0v) is 8.53. The van der Waals surface area contributed by atoms with Crippen LogP contribution >= 0.6 is 0 Å². The molecular weight excluding hydrogens is 186 g/mol. The molecular formula is C13H13NO. The zero-order valence-electron chi connectivity index (χ0n) is 8.53. The maximum Gasteiger partial charge on any atom is 0.115 e. The van der Waals surface area contributed by atoms with E-state index in [0.717, 1.165) is 25.7 Å². The Morgan fingerprint density at radius 1 is 1.40 bits per heavy atom. The Balaban J connectivity index is 2.12. The van der Waals surface area contributed by atoms with E-state index in [1.54, 1.807) is 6.07 Å². The summed E-state index contributed by atoms with van der Waals surface area (Å²) < 4.78 is 0. The molecule has 15 heavy (non-hydrogen) atoms. The van der Waals surface area contributed by atoms with Crippen molar-refractivity contribution >= 4 is 0 Å². The Morgan fingerprint density at radius 2 is 2.27 bits per heavy atom. The number of phenolic OH excluding ortho intramolecular Hbond substituents is 1. The van der Waals surface area contributed by atoms with Crippen LogP contribution in [0.15, 0.2) is 18.2 Å². The summed E-state index contributed by atoms with van der Waals surface area (Å²) in [4.78, 5) is 0. The van der Waals surface area contributed by atoms with E-state index < -0.39 is 0 Å². The first-order chi connectivity index (χ1) is 7.26. The second kappa shape index (κ2) is 2.76. The van der Waals surface area contributed by atoms with Crippen molar-refractivity contribution in [1.82, 2.24) is 0 Å². The molecule has 0 aliphatic heterocycles. The Bertz CT molecular complexity index is 460. The van der Waals surface area contributed by atoms with Crippen LogP contribution in [0, 0.1) is 17.2 Å². The van der Waals surface area contributed by atoms with Crippen molar-refractivity contribution in [3.05, 3.63) is 29.3 Å². The molecule has 1 saturated carbocycles. The summed E-state index contributed by atoms with van der Waals surface area (Å²) in [7, 11) is 0. The summed E-state index contributed by atoms with van der Waals surface area (Å²) in [6, 6.07) is 8.03. The molecule has 0 radical (unpaired) electrons. The molecule has 0 unspecified atom stereocenters. The van der Waals surface area contributed by atoms with Crippen LogP contribution in [0.3, 0.4) is 0 Å². The lowest BCUT2D eigenvalue weighted by Crippen LogP contribution is -2.41. The number of phenols is 1. The zero-order chi connectivity index (χ0) is 10.5. The highest BCUT2D eigenvalue weighted by Gasteiger charge is 2.51. The standard InChI is InChI=1S/C13H13NO/c14-8-10-4-6-13(10)5-3-9-1-2-11(15)7-12(9)13/h1-2,7,10,15H,3-6H2/t10-,13-/m0/s1. The predicted octanol–water partition coefficient (Wildman–Crippen LogP) is 2.51. The lowest BCUT2D eigenvalue weighted by atomic mass is 9.58. The normalized spacial score (nSPS) is 32.1. The van der Waals surface area contributed by atoms with E-state index in [-0.39, 0.29) is 11.3 Å². The van der Waals surface area contributed by atoms with Crippen molar-refractivity contribution in [2.24, 2.45) is 5.92 Å². The van der Waals surface area contributed by atoms with Gasteiger partial charge in [0.15, 0.2) is 0 Å². The molecule has 2 atom stereocenters. The summed E-state index contributed by atoms with van der Waals surface area (Å²) in [5.41, 5.74) is 2.65. The minimum Gasteiger partial charge on any atom is -0.508 e. The van der Waals surface area contributed by atoms with Gasteiger partial charge in [-0.15, -0.1) is 0 Å². The number of rotatable bonds is 0. The largest absolute Gasteiger partial charge is 0.508 e. The molecule has 0 saturated heterocycles. The Morgan fingerprint density at radius 3 is 2.93 bits per heavy atom. The molecule has 76 valence electrons. The first-order valence-corrected chi connectivity index (χ1v) is 5.48. The van der Waals surface area contributed by atoms with E-state index >= 15 is 0 Å². The van der Waals surface area contributed by atoms with Gasteiger partial charge in [-0.05, 0) is 48.9 Å². The van der Waals surface area contributed by atoms with Crippen LogP contribution < -0.4 is 0 Å². The number of fused-ring (bicyclic) bond motifs is 2. The van der Waals surface area contributed by atoms with Crippen molar-refractivity contribution in [1.29, 1.82) is 5.26 Å². The van der Waals surface area contributed by atoms with Crippen LogP contribution in [0.25, 0.3) is 0 Å². The van der Waals surface area contributed by atoms with Gasteiger partial charge in [-0.2, -0.15) is 5.26 Å². The average molecular weight is 199 g/mol. The van der Waals surface area contributed by atoms with Gasteiger partial charge in [0.05, 0.1) is 12.0 Å². The summed E-state index contributed by atoms with van der Waals surface area (Å²) in [5, 5.41) is 18.6. The molecule has 1 spiro atoms. The second-order valence-corrected chi connectivity index (χ2v) is 4.72. The highest BCUT2D eigenvalue weighted by atomic mass is 16.3. The molecule has 1 aromatic carbocycles. The van der Waals surface area contributed by atoms with Crippen LogP contribution in [0.2, 0.25) is 0 Å². The van der Waals surface area contributed by atoms with Gasteiger partial charge in [-0.3, -0.25) is 0 Å².